The van der Waals surface area contributed by atoms with Gasteiger partial charge in [0, 0.05) is 0 Å². The molecule has 1 saturated heterocycles. The second-order valence-electron chi connectivity index (χ2n) is 1.98. The average Bonchev–Trinajstić information content (AvgIpc) is 2.13. The number of carbonyl (C=O) groups excluding carboxylic acids is 1. The molecule has 0 radical (unpaired) electrons. The monoisotopic (exact) mass is 148 g/mol. The summed E-state index contributed by atoms with van der Waals surface area (Å²) in [6.45, 7) is 2.18. The topological polar surface area (TPSA) is 35.5 Å². The minimum atomic E-state index is -0.563. The van der Waals surface area contributed by atoms with Gasteiger partial charge in [-0.15, -0.1) is 11.8 Å². The van der Waals surface area contributed by atoms with Crippen molar-refractivity contribution < 1.29 is 14.3 Å². The van der Waals surface area contributed by atoms with Gasteiger partial charge in [-0.05, 0) is 13.2 Å². The van der Waals surface area contributed by atoms with Crippen molar-refractivity contribution in [3.05, 3.63) is 0 Å². The minimum Gasteiger partial charge on any atom is -0.429 e. The highest BCUT2D eigenvalue weighted by Crippen LogP contribution is 2.29. The molecule has 3 nitrogen and oxygen atoms in total. The number of hydrogen-bond acceptors (Lipinski definition) is 4. The highest BCUT2D eigenvalue weighted by molar-refractivity contribution is 7.99. The van der Waals surface area contributed by atoms with Crippen molar-refractivity contribution in [3.8, 4) is 0 Å². The molecule has 0 aromatic carbocycles. The Morgan fingerprint density at radius 3 is 2.67 bits per heavy atom. The molecule has 0 aromatic rings. The fourth-order valence-electron chi connectivity index (χ4n) is 0.526. The number of ether oxygens (including phenoxy) is 2. The van der Waals surface area contributed by atoms with Gasteiger partial charge in [0.1, 0.15) is 6.61 Å². The number of thioether (sulfide) groups is 1. The summed E-state index contributed by atoms with van der Waals surface area (Å²) >= 11 is 1.47. The minimum absolute atomic E-state index is 0.354. The lowest BCUT2D eigenvalue weighted by Gasteiger charge is -2.14. The summed E-state index contributed by atoms with van der Waals surface area (Å²) < 4.78 is 9.38. The van der Waals surface area contributed by atoms with Crippen LogP contribution in [0.25, 0.3) is 0 Å². The zero-order valence-corrected chi connectivity index (χ0v) is 6.16. The molecule has 1 fully saturated rings. The van der Waals surface area contributed by atoms with Crippen LogP contribution in [0.15, 0.2) is 0 Å². The van der Waals surface area contributed by atoms with Gasteiger partial charge in [0.25, 0.3) is 0 Å². The summed E-state index contributed by atoms with van der Waals surface area (Å²) in [6.07, 6.45) is 1.31. The Balaban J connectivity index is 2.54. The van der Waals surface area contributed by atoms with Crippen LogP contribution in [0.4, 0.5) is 4.79 Å². The lowest BCUT2D eigenvalue weighted by molar-refractivity contribution is 0.114. The van der Waals surface area contributed by atoms with E-state index in [1.54, 1.807) is 0 Å². The van der Waals surface area contributed by atoms with E-state index in [9.17, 15) is 4.79 Å². The molecule has 4 heteroatoms. The van der Waals surface area contributed by atoms with Gasteiger partial charge in [0.15, 0.2) is 4.93 Å². The molecule has 0 spiro atoms. The molecule has 1 aliphatic rings. The molecular weight excluding hydrogens is 140 g/mol. The van der Waals surface area contributed by atoms with E-state index in [1.165, 1.54) is 11.8 Å². The zero-order chi connectivity index (χ0) is 6.91. The van der Waals surface area contributed by atoms with Gasteiger partial charge >= 0.3 is 6.16 Å². The van der Waals surface area contributed by atoms with Crippen LogP contribution in [-0.2, 0) is 9.47 Å². The molecular formula is C5H8O3S. The average molecular weight is 148 g/mol. The maximum Gasteiger partial charge on any atom is 0.509 e. The van der Waals surface area contributed by atoms with Crippen LogP contribution in [0.1, 0.15) is 6.92 Å². The second-order valence-corrected chi connectivity index (χ2v) is 3.25. The highest BCUT2D eigenvalue weighted by atomic mass is 32.2. The van der Waals surface area contributed by atoms with Crippen molar-refractivity contribution in [2.24, 2.45) is 0 Å². The first kappa shape index (κ1) is 6.74. The number of carbonyl (C=O) groups is 1. The van der Waals surface area contributed by atoms with Crippen LogP contribution in [0.3, 0.4) is 0 Å². The lowest BCUT2D eigenvalue weighted by atomic mass is 10.4. The van der Waals surface area contributed by atoms with Gasteiger partial charge in [-0.2, -0.15) is 0 Å². The summed E-state index contributed by atoms with van der Waals surface area (Å²) in [7, 11) is 0. The molecule has 52 valence electrons. The second kappa shape index (κ2) is 2.10. The molecule has 1 rings (SSSR count). The van der Waals surface area contributed by atoms with Gasteiger partial charge < -0.3 is 9.47 Å². The van der Waals surface area contributed by atoms with Crippen LogP contribution in [0, 0.1) is 0 Å². The zero-order valence-electron chi connectivity index (χ0n) is 5.34. The number of rotatable bonds is 1. The fraction of sp³-hybridized carbons (Fsp3) is 0.800. The van der Waals surface area contributed by atoms with Crippen LogP contribution >= 0.6 is 11.8 Å². The molecule has 9 heavy (non-hydrogen) atoms. The lowest BCUT2D eigenvalue weighted by Crippen LogP contribution is -2.21. The standard InChI is InChI=1S/C5H8O3S/c1-5(9-2)3-7-4(6)8-5/h3H2,1-2H3. The predicted molar refractivity (Wildman–Crippen MR) is 34.4 cm³/mol. The van der Waals surface area contributed by atoms with Gasteiger partial charge in [-0.25, -0.2) is 4.79 Å². The molecule has 0 aromatic heterocycles. The first-order valence-electron chi connectivity index (χ1n) is 2.57. The molecule has 0 saturated carbocycles. The quantitative estimate of drug-likeness (QED) is 0.524. The van der Waals surface area contributed by atoms with Crippen LogP contribution in [0.2, 0.25) is 0 Å². The third kappa shape index (κ3) is 1.30. The maximum atomic E-state index is 10.4. The van der Waals surface area contributed by atoms with E-state index in [0.717, 1.165) is 0 Å². The summed E-state index contributed by atoms with van der Waals surface area (Å²) in [5, 5.41) is 0. The van der Waals surface area contributed by atoms with Crippen molar-refractivity contribution in [2.45, 2.75) is 11.9 Å². The predicted octanol–water partition coefficient (Wildman–Crippen LogP) is 1.23. The smallest absolute Gasteiger partial charge is 0.429 e. The van der Waals surface area contributed by atoms with E-state index in [2.05, 4.69) is 4.74 Å². The van der Waals surface area contributed by atoms with Crippen LogP contribution in [-0.4, -0.2) is 24.0 Å². The molecule has 0 aliphatic carbocycles. The van der Waals surface area contributed by atoms with Crippen molar-refractivity contribution in [3.63, 3.8) is 0 Å². The van der Waals surface area contributed by atoms with Crippen molar-refractivity contribution in [1.29, 1.82) is 0 Å². The molecule has 1 heterocycles. The van der Waals surface area contributed by atoms with E-state index in [4.69, 9.17) is 4.74 Å². The van der Waals surface area contributed by atoms with E-state index in [1.807, 2.05) is 13.2 Å². The van der Waals surface area contributed by atoms with Gasteiger partial charge in [0.2, 0.25) is 0 Å². The van der Waals surface area contributed by atoms with Crippen molar-refractivity contribution in [2.75, 3.05) is 12.9 Å². The Morgan fingerprint density at radius 1 is 1.78 bits per heavy atom. The Labute approximate surface area is 57.7 Å². The molecule has 0 bridgehead atoms. The number of hydrogen-bond donors (Lipinski definition) is 0. The first-order chi connectivity index (χ1) is 4.16. The van der Waals surface area contributed by atoms with E-state index < -0.39 is 11.1 Å². The third-order valence-electron chi connectivity index (χ3n) is 1.18. The largest absolute Gasteiger partial charge is 0.509 e. The summed E-state index contributed by atoms with van der Waals surface area (Å²) in [6, 6.07) is 0. The maximum absolute atomic E-state index is 10.4. The van der Waals surface area contributed by atoms with E-state index in [-0.39, 0.29) is 0 Å². The molecule has 0 amide bonds. The van der Waals surface area contributed by atoms with Crippen molar-refractivity contribution >= 4 is 17.9 Å². The molecule has 1 atom stereocenters. The van der Waals surface area contributed by atoms with E-state index >= 15 is 0 Å². The van der Waals surface area contributed by atoms with Crippen molar-refractivity contribution in [1.82, 2.24) is 0 Å². The third-order valence-corrected chi connectivity index (χ3v) is 2.25. The summed E-state index contributed by atoms with van der Waals surface area (Å²) in [4.78, 5) is 9.91. The summed E-state index contributed by atoms with van der Waals surface area (Å²) in [5.74, 6) is 0. The fourth-order valence-corrected chi connectivity index (χ4v) is 0.854. The Morgan fingerprint density at radius 2 is 2.44 bits per heavy atom. The van der Waals surface area contributed by atoms with Gasteiger partial charge in [0.05, 0.1) is 0 Å². The Hall–Kier alpha value is -0.380. The van der Waals surface area contributed by atoms with Crippen LogP contribution < -0.4 is 0 Å². The van der Waals surface area contributed by atoms with E-state index in [0.29, 0.717) is 6.61 Å². The van der Waals surface area contributed by atoms with Crippen LogP contribution in [0.5, 0.6) is 0 Å². The Kier molecular flexibility index (Phi) is 1.57. The van der Waals surface area contributed by atoms with Gasteiger partial charge in [-0.1, -0.05) is 0 Å². The normalized spacial score (nSPS) is 33.8. The summed E-state index contributed by atoms with van der Waals surface area (Å²) in [5.41, 5.74) is 0. The highest BCUT2D eigenvalue weighted by Gasteiger charge is 2.36. The molecule has 1 aliphatic heterocycles. The SMILES string of the molecule is CSC1(C)COC(=O)O1. The molecule has 0 N–H and O–H groups in total. The first-order valence-corrected chi connectivity index (χ1v) is 3.80. The Bertz CT molecular complexity index is 136. The molecule has 1 unspecified atom stereocenters. The number of cyclic esters (lactones) is 2. The van der Waals surface area contributed by atoms with Gasteiger partial charge in [-0.3, -0.25) is 0 Å².